The molecule has 2 rings (SSSR count). The number of hydrogen-bond acceptors (Lipinski definition) is 6. The summed E-state index contributed by atoms with van der Waals surface area (Å²) in [4.78, 5) is 12.5. The minimum absolute atomic E-state index is 0.233. The Morgan fingerprint density at radius 2 is 1.73 bits per heavy atom. The predicted octanol–water partition coefficient (Wildman–Crippen LogP) is 2.44. The molecule has 0 fully saturated rings. The van der Waals surface area contributed by atoms with Crippen LogP contribution in [0.5, 0.6) is 17.2 Å². The second kappa shape index (κ2) is 10.7. The van der Waals surface area contributed by atoms with Crippen LogP contribution in [0.2, 0.25) is 0 Å². The lowest BCUT2D eigenvalue weighted by Gasteiger charge is -2.23. The zero-order valence-corrected chi connectivity index (χ0v) is 18.4. The molecular formula is C21H28N2O6S. The van der Waals surface area contributed by atoms with E-state index >= 15 is 0 Å². The summed E-state index contributed by atoms with van der Waals surface area (Å²) >= 11 is 0. The van der Waals surface area contributed by atoms with Crippen molar-refractivity contribution < 1.29 is 27.4 Å². The molecule has 0 aromatic heterocycles. The van der Waals surface area contributed by atoms with Gasteiger partial charge in [-0.2, -0.15) is 0 Å². The number of anilines is 1. The summed E-state index contributed by atoms with van der Waals surface area (Å²) in [6, 6.07) is 13.4. The lowest BCUT2D eigenvalue weighted by Crippen LogP contribution is -2.44. The third-order valence-corrected chi connectivity index (χ3v) is 5.21. The van der Waals surface area contributed by atoms with Crippen molar-refractivity contribution in [1.82, 2.24) is 5.32 Å². The van der Waals surface area contributed by atoms with Crippen LogP contribution in [-0.2, 0) is 14.8 Å². The molecule has 30 heavy (non-hydrogen) atoms. The van der Waals surface area contributed by atoms with Gasteiger partial charge in [0.15, 0.2) is 0 Å². The normalized spacial score (nSPS) is 12.0. The van der Waals surface area contributed by atoms with Crippen LogP contribution in [0.25, 0.3) is 0 Å². The van der Waals surface area contributed by atoms with Crippen LogP contribution in [-0.4, -0.2) is 53.5 Å². The number of benzene rings is 2. The number of amides is 1. The number of carbonyl (C=O) groups excluding carboxylic acids is 1. The van der Waals surface area contributed by atoms with Crippen LogP contribution in [0.1, 0.15) is 13.8 Å². The summed E-state index contributed by atoms with van der Waals surface area (Å²) in [5.41, 5.74) is 0.362. The van der Waals surface area contributed by atoms with Gasteiger partial charge >= 0.3 is 0 Å². The summed E-state index contributed by atoms with van der Waals surface area (Å²) < 4.78 is 41.7. The van der Waals surface area contributed by atoms with Gasteiger partial charge < -0.3 is 19.5 Å². The number of nitrogens with one attached hydrogen (secondary N) is 1. The van der Waals surface area contributed by atoms with Crippen molar-refractivity contribution in [2.45, 2.75) is 19.9 Å². The number of hydrogen-bond donors (Lipinski definition) is 1. The Bertz CT molecular complexity index is 931. The van der Waals surface area contributed by atoms with Crippen LogP contribution in [0.4, 0.5) is 5.69 Å². The lowest BCUT2D eigenvalue weighted by molar-refractivity contribution is -0.120. The highest BCUT2D eigenvalue weighted by atomic mass is 32.2. The molecule has 2 aromatic rings. The number of carbonyl (C=O) groups is 1. The smallest absolute Gasteiger partial charge is 0.241 e. The van der Waals surface area contributed by atoms with E-state index in [1.807, 2.05) is 6.92 Å². The molecule has 0 aliphatic carbocycles. The van der Waals surface area contributed by atoms with Crippen molar-refractivity contribution in [3.05, 3.63) is 48.5 Å². The van der Waals surface area contributed by atoms with Gasteiger partial charge in [-0.3, -0.25) is 9.10 Å². The first kappa shape index (κ1) is 23.3. The number of methoxy groups -OCH3 is 1. The van der Waals surface area contributed by atoms with Gasteiger partial charge in [0.05, 0.1) is 31.7 Å². The third kappa shape index (κ3) is 7.14. The number of rotatable bonds is 11. The quantitative estimate of drug-likeness (QED) is 0.582. The Balaban J connectivity index is 1.97. The van der Waals surface area contributed by atoms with Gasteiger partial charge in [0.1, 0.15) is 30.4 Å². The van der Waals surface area contributed by atoms with E-state index in [0.717, 1.165) is 16.3 Å². The van der Waals surface area contributed by atoms with Gasteiger partial charge in [-0.15, -0.1) is 0 Å². The topological polar surface area (TPSA) is 94.2 Å². The average Bonchev–Trinajstić information content (AvgIpc) is 2.70. The van der Waals surface area contributed by atoms with E-state index < -0.39 is 15.9 Å². The second-order valence-corrected chi connectivity index (χ2v) is 8.56. The van der Waals surface area contributed by atoms with Crippen molar-refractivity contribution in [3.8, 4) is 17.2 Å². The summed E-state index contributed by atoms with van der Waals surface area (Å²) in [5, 5.41) is 2.76. The summed E-state index contributed by atoms with van der Waals surface area (Å²) in [6.07, 6.45) is 1.06. The molecule has 164 valence electrons. The molecule has 0 radical (unpaired) electrons. The zero-order valence-electron chi connectivity index (χ0n) is 17.6. The molecule has 0 aliphatic rings. The van der Waals surface area contributed by atoms with E-state index in [9.17, 15) is 13.2 Å². The Morgan fingerprint density at radius 3 is 2.33 bits per heavy atom. The maximum Gasteiger partial charge on any atom is 0.241 e. The zero-order chi connectivity index (χ0) is 22.1. The highest BCUT2D eigenvalue weighted by Crippen LogP contribution is 2.23. The van der Waals surface area contributed by atoms with Gasteiger partial charge in [-0.05, 0) is 50.2 Å². The summed E-state index contributed by atoms with van der Waals surface area (Å²) in [5.74, 6) is 1.46. The molecule has 1 atom stereocenters. The monoisotopic (exact) mass is 436 g/mol. The van der Waals surface area contributed by atoms with E-state index in [2.05, 4.69) is 5.32 Å². The highest BCUT2D eigenvalue weighted by Gasteiger charge is 2.22. The molecule has 9 heteroatoms. The molecule has 8 nitrogen and oxygen atoms in total. The van der Waals surface area contributed by atoms with Gasteiger partial charge in [0.25, 0.3) is 0 Å². The Kier molecular flexibility index (Phi) is 8.35. The van der Waals surface area contributed by atoms with E-state index in [4.69, 9.17) is 14.2 Å². The number of nitrogens with zero attached hydrogens (tertiary/aromatic N) is 1. The van der Waals surface area contributed by atoms with Gasteiger partial charge in [-0.1, -0.05) is 6.07 Å². The van der Waals surface area contributed by atoms with Crippen LogP contribution in [0.15, 0.2) is 48.5 Å². The fourth-order valence-electron chi connectivity index (χ4n) is 2.68. The van der Waals surface area contributed by atoms with Crippen LogP contribution in [0, 0.1) is 0 Å². The molecule has 0 spiro atoms. The second-order valence-electron chi connectivity index (χ2n) is 6.66. The molecule has 0 saturated carbocycles. The first-order valence-corrected chi connectivity index (χ1v) is 11.3. The molecule has 0 heterocycles. The van der Waals surface area contributed by atoms with Gasteiger partial charge in [0, 0.05) is 6.07 Å². The maximum absolute atomic E-state index is 12.5. The van der Waals surface area contributed by atoms with Crippen molar-refractivity contribution in [1.29, 1.82) is 0 Å². The Labute approximate surface area is 177 Å². The molecule has 2 aromatic carbocycles. The molecule has 0 saturated heterocycles. The van der Waals surface area contributed by atoms with Gasteiger partial charge in [0.2, 0.25) is 15.9 Å². The van der Waals surface area contributed by atoms with E-state index in [0.29, 0.717) is 23.8 Å². The van der Waals surface area contributed by atoms with Crippen molar-refractivity contribution in [2.24, 2.45) is 0 Å². The SMILES string of the molecule is CCOc1cccc(N(CC(=O)N[C@H](C)COc2ccc(OC)cc2)S(C)(=O)=O)c1. The first-order chi connectivity index (χ1) is 14.2. The molecule has 1 amide bonds. The molecule has 0 bridgehead atoms. The van der Waals surface area contributed by atoms with Gasteiger partial charge in [-0.25, -0.2) is 8.42 Å². The largest absolute Gasteiger partial charge is 0.497 e. The fraction of sp³-hybridized carbons (Fsp3) is 0.381. The van der Waals surface area contributed by atoms with Crippen LogP contribution in [0.3, 0.4) is 0 Å². The van der Waals surface area contributed by atoms with E-state index in [1.54, 1.807) is 62.6 Å². The first-order valence-electron chi connectivity index (χ1n) is 9.49. The summed E-state index contributed by atoms with van der Waals surface area (Å²) in [6.45, 7) is 3.96. The fourth-order valence-corrected chi connectivity index (χ4v) is 3.53. The van der Waals surface area contributed by atoms with E-state index in [-0.39, 0.29) is 19.2 Å². The molecule has 0 aliphatic heterocycles. The average molecular weight is 437 g/mol. The Hall–Kier alpha value is -2.94. The number of sulfonamides is 1. The highest BCUT2D eigenvalue weighted by molar-refractivity contribution is 7.92. The van der Waals surface area contributed by atoms with Crippen LogP contribution >= 0.6 is 0 Å². The number of ether oxygens (including phenoxy) is 3. The Morgan fingerprint density at radius 1 is 1.07 bits per heavy atom. The third-order valence-electron chi connectivity index (χ3n) is 4.07. The van der Waals surface area contributed by atoms with Crippen molar-refractivity contribution >= 4 is 21.6 Å². The summed E-state index contributed by atoms with van der Waals surface area (Å²) in [7, 11) is -2.08. The lowest BCUT2D eigenvalue weighted by atomic mass is 10.3. The molecular weight excluding hydrogens is 408 g/mol. The molecule has 1 N–H and O–H groups in total. The van der Waals surface area contributed by atoms with Crippen LogP contribution < -0.4 is 23.8 Å². The minimum Gasteiger partial charge on any atom is -0.497 e. The van der Waals surface area contributed by atoms with E-state index in [1.165, 1.54) is 0 Å². The van der Waals surface area contributed by atoms with Crippen molar-refractivity contribution in [2.75, 3.05) is 37.4 Å². The predicted molar refractivity (Wildman–Crippen MR) is 116 cm³/mol. The van der Waals surface area contributed by atoms with Crippen molar-refractivity contribution in [3.63, 3.8) is 0 Å². The standard InChI is InChI=1S/C21H28N2O6S/c1-5-28-20-8-6-7-17(13-20)23(30(4,25)26)14-21(24)22-16(2)15-29-19-11-9-18(27-3)10-12-19/h6-13,16H,5,14-15H2,1-4H3,(H,22,24)/t16-/m1/s1. The molecule has 0 unspecified atom stereocenters. The minimum atomic E-state index is -3.67. The maximum atomic E-state index is 12.5.